The second-order valence-electron chi connectivity index (χ2n) is 4.60. The molecule has 0 unspecified atom stereocenters. The number of rotatable bonds is 6. The first-order chi connectivity index (χ1) is 10.7. The first kappa shape index (κ1) is 15.7. The van der Waals surface area contributed by atoms with E-state index in [4.69, 9.17) is 4.74 Å². The Labute approximate surface area is 128 Å². The quantitative estimate of drug-likeness (QED) is 0.657. The number of hydrogen-bond acceptors (Lipinski definition) is 3. The Hall–Kier alpha value is -2.69. The predicted octanol–water partition coefficient (Wildman–Crippen LogP) is 3.38. The van der Waals surface area contributed by atoms with Gasteiger partial charge in [-0.2, -0.15) is 5.10 Å². The molecule has 0 radical (unpaired) electrons. The average molecular weight is 300 g/mol. The van der Waals surface area contributed by atoms with Crippen LogP contribution >= 0.6 is 0 Å². The van der Waals surface area contributed by atoms with Gasteiger partial charge in [0.1, 0.15) is 11.6 Å². The average Bonchev–Trinajstić information content (AvgIpc) is 2.54. The van der Waals surface area contributed by atoms with Crippen LogP contribution < -0.4 is 10.2 Å². The molecular formula is C17H17FN2O2. The van der Waals surface area contributed by atoms with Crippen LogP contribution in [0.1, 0.15) is 29.3 Å². The summed E-state index contributed by atoms with van der Waals surface area (Å²) in [4.78, 5) is 11.7. The largest absolute Gasteiger partial charge is 0.494 e. The molecule has 2 aromatic carbocycles. The number of amides is 1. The Balaban J connectivity index is 1.92. The van der Waals surface area contributed by atoms with E-state index >= 15 is 0 Å². The van der Waals surface area contributed by atoms with Crippen molar-refractivity contribution in [3.05, 3.63) is 65.5 Å². The van der Waals surface area contributed by atoms with Gasteiger partial charge in [-0.3, -0.25) is 4.79 Å². The molecule has 0 atom stereocenters. The molecule has 0 fully saturated rings. The van der Waals surface area contributed by atoms with Gasteiger partial charge in [0.15, 0.2) is 0 Å². The van der Waals surface area contributed by atoms with Crippen molar-refractivity contribution in [2.24, 2.45) is 5.10 Å². The second kappa shape index (κ2) is 7.93. The van der Waals surface area contributed by atoms with E-state index in [-0.39, 0.29) is 5.56 Å². The third kappa shape index (κ3) is 4.41. The highest BCUT2D eigenvalue weighted by Crippen LogP contribution is 2.11. The molecule has 0 aromatic heterocycles. The van der Waals surface area contributed by atoms with Crippen LogP contribution in [-0.4, -0.2) is 18.7 Å². The number of halogens is 1. The molecule has 2 aromatic rings. The Morgan fingerprint density at radius 3 is 2.64 bits per heavy atom. The van der Waals surface area contributed by atoms with Crippen molar-refractivity contribution in [3.63, 3.8) is 0 Å². The van der Waals surface area contributed by atoms with Gasteiger partial charge in [-0.1, -0.05) is 19.1 Å². The number of carbonyl (C=O) groups excluding carboxylic acids is 1. The maximum atomic E-state index is 13.4. The number of nitrogens with one attached hydrogen (secondary N) is 1. The van der Waals surface area contributed by atoms with Crippen LogP contribution in [0.5, 0.6) is 5.75 Å². The minimum absolute atomic E-state index is 0.0389. The number of benzene rings is 2. The van der Waals surface area contributed by atoms with E-state index < -0.39 is 11.7 Å². The summed E-state index contributed by atoms with van der Waals surface area (Å²) < 4.78 is 18.9. The highest BCUT2D eigenvalue weighted by molar-refractivity contribution is 5.95. The van der Waals surface area contributed by atoms with Crippen molar-refractivity contribution in [1.82, 2.24) is 5.43 Å². The zero-order valence-electron chi connectivity index (χ0n) is 12.3. The molecule has 22 heavy (non-hydrogen) atoms. The summed E-state index contributed by atoms with van der Waals surface area (Å²) in [6.45, 7) is 2.71. The van der Waals surface area contributed by atoms with Crippen molar-refractivity contribution in [1.29, 1.82) is 0 Å². The smallest absolute Gasteiger partial charge is 0.274 e. The standard InChI is InChI=1S/C17H17FN2O2/c1-2-11-22-14-9-7-13(8-10-14)12-19-20-17(21)15-5-3-4-6-16(15)18/h3-10,12H,2,11H2,1H3,(H,20,21)/b19-12-. The van der Waals surface area contributed by atoms with E-state index in [1.54, 1.807) is 6.07 Å². The fourth-order valence-corrected chi connectivity index (χ4v) is 1.74. The Morgan fingerprint density at radius 2 is 1.95 bits per heavy atom. The highest BCUT2D eigenvalue weighted by Gasteiger charge is 2.08. The van der Waals surface area contributed by atoms with Crippen LogP contribution in [0.3, 0.4) is 0 Å². The number of hydrogen-bond donors (Lipinski definition) is 1. The van der Waals surface area contributed by atoms with Crippen LogP contribution in [0.15, 0.2) is 53.6 Å². The number of carbonyl (C=O) groups is 1. The van der Waals surface area contributed by atoms with Crippen LogP contribution in [-0.2, 0) is 0 Å². The fourth-order valence-electron chi connectivity index (χ4n) is 1.74. The normalized spacial score (nSPS) is 10.6. The number of nitrogens with zero attached hydrogens (tertiary/aromatic N) is 1. The van der Waals surface area contributed by atoms with Gasteiger partial charge in [0.25, 0.3) is 5.91 Å². The third-order valence-corrected chi connectivity index (χ3v) is 2.85. The van der Waals surface area contributed by atoms with Crippen molar-refractivity contribution < 1.29 is 13.9 Å². The minimum Gasteiger partial charge on any atom is -0.494 e. The first-order valence-corrected chi connectivity index (χ1v) is 7.01. The van der Waals surface area contributed by atoms with Crippen LogP contribution in [0.4, 0.5) is 4.39 Å². The molecule has 4 nitrogen and oxygen atoms in total. The highest BCUT2D eigenvalue weighted by atomic mass is 19.1. The molecule has 0 aliphatic heterocycles. The lowest BCUT2D eigenvalue weighted by atomic mass is 10.2. The zero-order valence-corrected chi connectivity index (χ0v) is 12.3. The Kier molecular flexibility index (Phi) is 5.65. The first-order valence-electron chi connectivity index (χ1n) is 7.01. The summed E-state index contributed by atoms with van der Waals surface area (Å²) >= 11 is 0. The molecule has 0 bridgehead atoms. The molecule has 0 heterocycles. The van der Waals surface area contributed by atoms with E-state index in [0.29, 0.717) is 6.61 Å². The molecule has 2 rings (SSSR count). The van der Waals surface area contributed by atoms with Crippen LogP contribution in [0.25, 0.3) is 0 Å². The van der Waals surface area contributed by atoms with E-state index in [9.17, 15) is 9.18 Å². The van der Waals surface area contributed by atoms with Crippen molar-refractivity contribution >= 4 is 12.1 Å². The summed E-state index contributed by atoms with van der Waals surface area (Å²) in [6, 6.07) is 13.1. The van der Waals surface area contributed by atoms with E-state index in [1.807, 2.05) is 31.2 Å². The van der Waals surface area contributed by atoms with Gasteiger partial charge in [-0.05, 0) is 48.4 Å². The maximum Gasteiger partial charge on any atom is 0.274 e. The molecule has 0 aliphatic carbocycles. The summed E-state index contributed by atoms with van der Waals surface area (Å²) in [5.41, 5.74) is 3.06. The SMILES string of the molecule is CCCOc1ccc(/C=N\NC(=O)c2ccccc2F)cc1. The number of hydrazone groups is 1. The van der Waals surface area contributed by atoms with Gasteiger partial charge in [-0.15, -0.1) is 0 Å². The summed E-state index contributed by atoms with van der Waals surface area (Å²) in [5.74, 6) is -0.376. The molecule has 5 heteroatoms. The Bertz CT molecular complexity index is 654. The molecule has 0 saturated heterocycles. The Morgan fingerprint density at radius 1 is 1.23 bits per heavy atom. The van der Waals surface area contributed by atoms with Gasteiger partial charge in [0, 0.05) is 0 Å². The maximum absolute atomic E-state index is 13.4. The van der Waals surface area contributed by atoms with Crippen molar-refractivity contribution in [2.75, 3.05) is 6.61 Å². The topological polar surface area (TPSA) is 50.7 Å². The summed E-state index contributed by atoms with van der Waals surface area (Å²) in [7, 11) is 0. The van der Waals surface area contributed by atoms with E-state index in [1.165, 1.54) is 24.4 Å². The molecule has 114 valence electrons. The second-order valence-corrected chi connectivity index (χ2v) is 4.60. The molecule has 1 amide bonds. The van der Waals surface area contributed by atoms with Gasteiger partial charge < -0.3 is 4.74 Å². The summed E-state index contributed by atoms with van der Waals surface area (Å²) in [5, 5.41) is 3.82. The molecule has 0 aliphatic rings. The van der Waals surface area contributed by atoms with E-state index in [0.717, 1.165) is 17.7 Å². The molecule has 0 saturated carbocycles. The molecule has 0 spiro atoms. The minimum atomic E-state index is -0.586. The zero-order chi connectivity index (χ0) is 15.8. The van der Waals surface area contributed by atoms with Gasteiger partial charge in [0.05, 0.1) is 18.4 Å². The molecule has 1 N–H and O–H groups in total. The fraction of sp³-hybridized carbons (Fsp3) is 0.176. The molecular weight excluding hydrogens is 283 g/mol. The van der Waals surface area contributed by atoms with Crippen LogP contribution in [0.2, 0.25) is 0 Å². The van der Waals surface area contributed by atoms with Crippen molar-refractivity contribution in [2.45, 2.75) is 13.3 Å². The summed E-state index contributed by atoms with van der Waals surface area (Å²) in [6.07, 6.45) is 2.44. The third-order valence-electron chi connectivity index (χ3n) is 2.85. The lowest BCUT2D eigenvalue weighted by molar-refractivity contribution is 0.0951. The van der Waals surface area contributed by atoms with E-state index in [2.05, 4.69) is 10.5 Å². The predicted molar refractivity (Wildman–Crippen MR) is 83.7 cm³/mol. The number of ether oxygens (including phenoxy) is 1. The van der Waals surface area contributed by atoms with Gasteiger partial charge >= 0.3 is 0 Å². The van der Waals surface area contributed by atoms with Gasteiger partial charge in [0.2, 0.25) is 0 Å². The lowest BCUT2D eigenvalue weighted by Crippen LogP contribution is -2.18. The van der Waals surface area contributed by atoms with Crippen molar-refractivity contribution in [3.8, 4) is 5.75 Å². The van der Waals surface area contributed by atoms with Gasteiger partial charge in [-0.25, -0.2) is 9.82 Å². The van der Waals surface area contributed by atoms with Crippen LogP contribution in [0, 0.1) is 5.82 Å². The lowest BCUT2D eigenvalue weighted by Gasteiger charge is -2.04. The monoisotopic (exact) mass is 300 g/mol.